The van der Waals surface area contributed by atoms with Gasteiger partial charge in [0.2, 0.25) is 0 Å². The molecule has 0 bridgehead atoms. The Kier molecular flexibility index (Phi) is 6.97. The van der Waals surface area contributed by atoms with Gasteiger partial charge in [-0.1, -0.05) is 26.2 Å². The summed E-state index contributed by atoms with van der Waals surface area (Å²) < 4.78 is 27.4. The molecule has 1 atom stereocenters. The lowest BCUT2D eigenvalue weighted by atomic mass is 10.0. The van der Waals surface area contributed by atoms with Crippen molar-refractivity contribution in [3.63, 3.8) is 0 Å². The first-order valence-electron chi connectivity index (χ1n) is 8.00. The number of halogens is 2. The van der Waals surface area contributed by atoms with E-state index in [2.05, 4.69) is 12.2 Å². The summed E-state index contributed by atoms with van der Waals surface area (Å²) >= 11 is 1.91. The van der Waals surface area contributed by atoms with E-state index in [1.165, 1.54) is 50.3 Å². The van der Waals surface area contributed by atoms with Crippen LogP contribution in [0.1, 0.15) is 57.1 Å². The molecule has 0 aliphatic heterocycles. The second kappa shape index (κ2) is 8.74. The number of rotatable bonds is 7. The van der Waals surface area contributed by atoms with Crippen LogP contribution < -0.4 is 5.32 Å². The van der Waals surface area contributed by atoms with E-state index >= 15 is 0 Å². The molecular formula is C17H25F2NS. The molecule has 1 nitrogen and oxygen atoms in total. The molecule has 1 unspecified atom stereocenters. The van der Waals surface area contributed by atoms with Crippen molar-refractivity contribution >= 4 is 11.8 Å². The van der Waals surface area contributed by atoms with Crippen LogP contribution in [0, 0.1) is 11.6 Å². The van der Waals surface area contributed by atoms with Gasteiger partial charge in [-0.25, -0.2) is 8.78 Å². The lowest BCUT2D eigenvalue weighted by molar-refractivity contribution is 0.507. The minimum Gasteiger partial charge on any atom is -0.309 e. The highest BCUT2D eigenvalue weighted by Gasteiger charge is 2.20. The van der Waals surface area contributed by atoms with Crippen LogP contribution in [0.5, 0.6) is 0 Å². The van der Waals surface area contributed by atoms with Gasteiger partial charge in [0.25, 0.3) is 0 Å². The molecule has 118 valence electrons. The molecule has 1 aliphatic carbocycles. The maximum Gasteiger partial charge on any atom is 0.128 e. The maximum absolute atomic E-state index is 14.0. The first kappa shape index (κ1) is 16.8. The molecule has 0 amide bonds. The summed E-state index contributed by atoms with van der Waals surface area (Å²) in [7, 11) is 0. The fourth-order valence-electron chi connectivity index (χ4n) is 2.82. The smallest absolute Gasteiger partial charge is 0.128 e. The van der Waals surface area contributed by atoms with Crippen molar-refractivity contribution in [3.05, 3.63) is 35.4 Å². The summed E-state index contributed by atoms with van der Waals surface area (Å²) in [6.45, 7) is 2.91. The Labute approximate surface area is 130 Å². The summed E-state index contributed by atoms with van der Waals surface area (Å²) in [6, 6.07) is 3.65. The van der Waals surface area contributed by atoms with E-state index in [1.807, 2.05) is 11.8 Å². The van der Waals surface area contributed by atoms with Gasteiger partial charge in [-0.3, -0.25) is 0 Å². The molecule has 1 aromatic rings. The van der Waals surface area contributed by atoms with Gasteiger partial charge in [0, 0.05) is 22.6 Å². The Hall–Kier alpha value is -0.610. The Bertz CT molecular complexity index is 433. The second-order valence-electron chi connectivity index (χ2n) is 5.77. The topological polar surface area (TPSA) is 12.0 Å². The number of hydrogen-bond acceptors (Lipinski definition) is 2. The monoisotopic (exact) mass is 313 g/mol. The Morgan fingerprint density at radius 1 is 1.24 bits per heavy atom. The SMILES string of the molecule is CCCNC(CSC1CCCCC1)c1cc(F)ccc1F. The summed E-state index contributed by atoms with van der Waals surface area (Å²) in [5.41, 5.74) is 0.465. The van der Waals surface area contributed by atoms with Crippen molar-refractivity contribution in [3.8, 4) is 0 Å². The third kappa shape index (κ3) is 5.26. The fraction of sp³-hybridized carbons (Fsp3) is 0.647. The average Bonchev–Trinajstić information content (AvgIpc) is 2.51. The van der Waals surface area contributed by atoms with Crippen LogP contribution in [0.25, 0.3) is 0 Å². The summed E-state index contributed by atoms with van der Waals surface area (Å²) in [5.74, 6) is 0.136. The molecule has 1 aromatic carbocycles. The lowest BCUT2D eigenvalue weighted by Crippen LogP contribution is -2.26. The third-order valence-corrected chi connectivity index (χ3v) is 5.49. The Morgan fingerprint density at radius 3 is 2.71 bits per heavy atom. The fourth-order valence-corrected chi connectivity index (χ4v) is 4.25. The van der Waals surface area contributed by atoms with Crippen LogP contribution in [-0.4, -0.2) is 17.5 Å². The highest BCUT2D eigenvalue weighted by atomic mass is 32.2. The van der Waals surface area contributed by atoms with Crippen molar-refractivity contribution in [2.24, 2.45) is 0 Å². The molecule has 21 heavy (non-hydrogen) atoms. The first-order valence-corrected chi connectivity index (χ1v) is 9.05. The molecular weight excluding hydrogens is 288 g/mol. The second-order valence-corrected chi connectivity index (χ2v) is 7.10. The van der Waals surface area contributed by atoms with Gasteiger partial charge in [0.1, 0.15) is 11.6 Å². The van der Waals surface area contributed by atoms with Crippen LogP contribution in [0.4, 0.5) is 8.78 Å². The molecule has 0 heterocycles. The van der Waals surface area contributed by atoms with Gasteiger partial charge in [0.05, 0.1) is 0 Å². The molecule has 1 fully saturated rings. The van der Waals surface area contributed by atoms with Crippen molar-refractivity contribution in [2.75, 3.05) is 12.3 Å². The van der Waals surface area contributed by atoms with E-state index in [0.717, 1.165) is 18.7 Å². The van der Waals surface area contributed by atoms with Gasteiger partial charge in [-0.2, -0.15) is 11.8 Å². The predicted octanol–water partition coefficient (Wildman–Crippen LogP) is 5.07. The van der Waals surface area contributed by atoms with E-state index < -0.39 is 0 Å². The molecule has 0 spiro atoms. The molecule has 1 aliphatic rings. The lowest BCUT2D eigenvalue weighted by Gasteiger charge is -2.25. The van der Waals surface area contributed by atoms with E-state index in [0.29, 0.717) is 10.8 Å². The average molecular weight is 313 g/mol. The van der Waals surface area contributed by atoms with E-state index in [9.17, 15) is 8.78 Å². The largest absolute Gasteiger partial charge is 0.309 e. The first-order chi connectivity index (χ1) is 10.2. The number of benzene rings is 1. The standard InChI is InChI=1S/C17H25F2NS/c1-2-10-20-17(12-21-14-6-4-3-5-7-14)15-11-13(18)8-9-16(15)19/h8-9,11,14,17,20H,2-7,10,12H2,1H3. The van der Waals surface area contributed by atoms with Gasteiger partial charge in [-0.15, -0.1) is 0 Å². The highest BCUT2D eigenvalue weighted by molar-refractivity contribution is 7.99. The van der Waals surface area contributed by atoms with Gasteiger partial charge >= 0.3 is 0 Å². The van der Waals surface area contributed by atoms with Crippen LogP contribution in [-0.2, 0) is 0 Å². The maximum atomic E-state index is 14.0. The number of nitrogens with one attached hydrogen (secondary N) is 1. The van der Waals surface area contributed by atoms with Gasteiger partial charge in [0.15, 0.2) is 0 Å². The zero-order valence-corrected chi connectivity index (χ0v) is 13.5. The Morgan fingerprint density at radius 2 is 2.00 bits per heavy atom. The van der Waals surface area contributed by atoms with Crippen LogP contribution in [0.2, 0.25) is 0 Å². The van der Waals surface area contributed by atoms with Gasteiger partial charge < -0.3 is 5.32 Å². The van der Waals surface area contributed by atoms with Crippen LogP contribution in [0.15, 0.2) is 18.2 Å². The normalized spacial score (nSPS) is 17.9. The van der Waals surface area contributed by atoms with Crippen molar-refractivity contribution in [1.82, 2.24) is 5.32 Å². The molecule has 2 rings (SSSR count). The third-order valence-electron chi connectivity index (χ3n) is 4.02. The molecule has 1 N–H and O–H groups in total. The van der Waals surface area contributed by atoms with E-state index in [1.54, 1.807) is 0 Å². The molecule has 4 heteroatoms. The van der Waals surface area contributed by atoms with Gasteiger partial charge in [-0.05, 0) is 44.0 Å². The minimum absolute atomic E-state index is 0.104. The number of thioether (sulfide) groups is 1. The summed E-state index contributed by atoms with van der Waals surface area (Å²) in [4.78, 5) is 0. The predicted molar refractivity (Wildman–Crippen MR) is 86.7 cm³/mol. The molecule has 0 aromatic heterocycles. The van der Waals surface area contributed by atoms with E-state index in [-0.39, 0.29) is 17.7 Å². The summed E-state index contributed by atoms with van der Waals surface area (Å²) in [6.07, 6.45) is 7.46. The zero-order chi connectivity index (χ0) is 15.1. The quantitative estimate of drug-likeness (QED) is 0.754. The molecule has 0 radical (unpaired) electrons. The molecule has 0 saturated heterocycles. The highest BCUT2D eigenvalue weighted by Crippen LogP contribution is 2.31. The van der Waals surface area contributed by atoms with Crippen molar-refractivity contribution in [1.29, 1.82) is 0 Å². The van der Waals surface area contributed by atoms with Crippen LogP contribution >= 0.6 is 11.8 Å². The minimum atomic E-state index is -0.364. The van der Waals surface area contributed by atoms with Crippen molar-refractivity contribution < 1.29 is 8.78 Å². The zero-order valence-electron chi connectivity index (χ0n) is 12.7. The number of hydrogen-bond donors (Lipinski definition) is 1. The molecule has 1 saturated carbocycles. The van der Waals surface area contributed by atoms with E-state index in [4.69, 9.17) is 0 Å². The van der Waals surface area contributed by atoms with Crippen molar-refractivity contribution in [2.45, 2.75) is 56.7 Å². The summed E-state index contributed by atoms with van der Waals surface area (Å²) in [5, 5.41) is 4.05. The Balaban J connectivity index is 2.00. The van der Waals surface area contributed by atoms with Crippen LogP contribution in [0.3, 0.4) is 0 Å².